The van der Waals surface area contributed by atoms with Gasteiger partial charge < -0.3 is 9.84 Å². The summed E-state index contributed by atoms with van der Waals surface area (Å²) in [5.41, 5.74) is 0.566. The van der Waals surface area contributed by atoms with E-state index in [1.165, 1.54) is 0 Å². The molecule has 2 saturated heterocycles. The Balaban J connectivity index is 1.51. The molecule has 0 spiro atoms. The van der Waals surface area contributed by atoms with E-state index in [2.05, 4.69) is 11.0 Å². The minimum atomic E-state index is -3.18. The maximum Gasteiger partial charge on any atom is 0.214 e. The molecule has 28 heavy (non-hydrogen) atoms. The first kappa shape index (κ1) is 21.1. The molecule has 3 atom stereocenters. The molecule has 0 amide bonds. The van der Waals surface area contributed by atoms with Crippen molar-refractivity contribution in [1.82, 2.24) is 9.21 Å². The Morgan fingerprint density at radius 2 is 1.89 bits per heavy atom. The van der Waals surface area contributed by atoms with Crippen molar-refractivity contribution in [3.8, 4) is 11.8 Å². The molecule has 2 aliphatic heterocycles. The van der Waals surface area contributed by atoms with Gasteiger partial charge in [-0.2, -0.15) is 9.57 Å². The third kappa shape index (κ3) is 5.03. The SMILES string of the molecule is CCCCS(=O)(=O)N1CC2CCC(C1)N2CC(O)COc1ccc(C#N)cc1. The number of hydrogen-bond donors (Lipinski definition) is 1. The van der Waals surface area contributed by atoms with Crippen LogP contribution in [0.15, 0.2) is 24.3 Å². The molecular weight excluding hydrogens is 378 g/mol. The maximum absolute atomic E-state index is 12.5. The number of unbranched alkanes of at least 4 members (excludes halogenated alkanes) is 1. The molecule has 0 saturated carbocycles. The quantitative estimate of drug-likeness (QED) is 0.668. The standard InChI is InChI=1S/C20H29N3O4S/c1-2-3-10-28(25,26)22-12-17-6-7-18(13-22)23(17)14-19(24)15-27-20-8-4-16(11-21)5-9-20/h4-5,8-9,17-19,24H,2-3,6-7,10,12-15H2,1H3. The molecule has 0 aromatic heterocycles. The summed E-state index contributed by atoms with van der Waals surface area (Å²) in [7, 11) is -3.18. The largest absolute Gasteiger partial charge is 0.491 e. The van der Waals surface area contributed by atoms with Gasteiger partial charge in [-0.15, -0.1) is 0 Å². The van der Waals surface area contributed by atoms with E-state index in [1.54, 1.807) is 28.6 Å². The van der Waals surface area contributed by atoms with Crippen LogP contribution in [0.4, 0.5) is 0 Å². The van der Waals surface area contributed by atoms with Crippen molar-refractivity contribution in [2.75, 3.05) is 32.0 Å². The summed E-state index contributed by atoms with van der Waals surface area (Å²) in [6.45, 7) is 3.69. The minimum Gasteiger partial charge on any atom is -0.491 e. The van der Waals surface area contributed by atoms with E-state index in [0.717, 1.165) is 19.3 Å². The fourth-order valence-corrected chi connectivity index (χ4v) is 5.76. The highest BCUT2D eigenvalue weighted by Crippen LogP contribution is 2.31. The molecule has 0 radical (unpaired) electrons. The lowest BCUT2D eigenvalue weighted by molar-refractivity contribution is 0.0277. The average Bonchev–Trinajstić information content (AvgIpc) is 2.91. The molecule has 2 heterocycles. The summed E-state index contributed by atoms with van der Waals surface area (Å²) in [6, 6.07) is 9.19. The van der Waals surface area contributed by atoms with Crippen LogP contribution >= 0.6 is 0 Å². The van der Waals surface area contributed by atoms with E-state index in [-0.39, 0.29) is 24.4 Å². The molecule has 0 aliphatic carbocycles. The van der Waals surface area contributed by atoms with Crippen LogP contribution in [0.2, 0.25) is 0 Å². The van der Waals surface area contributed by atoms with Crippen LogP contribution in [-0.2, 0) is 10.0 Å². The van der Waals surface area contributed by atoms with Crippen LogP contribution in [0, 0.1) is 11.3 Å². The Bertz CT molecular complexity index is 777. The Morgan fingerprint density at radius 3 is 2.46 bits per heavy atom. The van der Waals surface area contributed by atoms with Crippen molar-refractivity contribution >= 4 is 10.0 Å². The number of hydrogen-bond acceptors (Lipinski definition) is 6. The molecular formula is C20H29N3O4S. The predicted octanol–water partition coefficient (Wildman–Crippen LogP) is 1.58. The van der Waals surface area contributed by atoms with Crippen molar-refractivity contribution in [3.05, 3.63) is 29.8 Å². The second-order valence-corrected chi connectivity index (χ2v) is 9.76. The zero-order chi connectivity index (χ0) is 20.1. The summed E-state index contributed by atoms with van der Waals surface area (Å²) in [6.07, 6.45) is 2.85. The smallest absolute Gasteiger partial charge is 0.214 e. The van der Waals surface area contributed by atoms with Crippen LogP contribution in [0.1, 0.15) is 38.2 Å². The highest BCUT2D eigenvalue weighted by molar-refractivity contribution is 7.89. The molecule has 1 aromatic carbocycles. The van der Waals surface area contributed by atoms with Gasteiger partial charge in [0.1, 0.15) is 18.5 Å². The number of aliphatic hydroxyl groups excluding tert-OH is 1. The molecule has 3 unspecified atom stereocenters. The molecule has 2 fully saturated rings. The number of aliphatic hydroxyl groups is 1. The molecule has 8 heteroatoms. The van der Waals surface area contributed by atoms with Gasteiger partial charge in [0.15, 0.2) is 0 Å². The van der Waals surface area contributed by atoms with E-state index >= 15 is 0 Å². The monoisotopic (exact) mass is 407 g/mol. The zero-order valence-electron chi connectivity index (χ0n) is 16.3. The van der Waals surface area contributed by atoms with E-state index in [1.807, 2.05) is 6.92 Å². The van der Waals surface area contributed by atoms with Gasteiger partial charge >= 0.3 is 0 Å². The van der Waals surface area contributed by atoms with E-state index in [9.17, 15) is 13.5 Å². The third-order valence-electron chi connectivity index (χ3n) is 5.60. The first-order valence-electron chi connectivity index (χ1n) is 9.97. The normalized spacial score (nSPS) is 24.0. The Kier molecular flexibility index (Phi) is 6.94. The molecule has 154 valence electrons. The van der Waals surface area contributed by atoms with E-state index in [0.29, 0.717) is 37.4 Å². The molecule has 2 aliphatic rings. The molecule has 2 bridgehead atoms. The van der Waals surface area contributed by atoms with Crippen LogP contribution in [0.25, 0.3) is 0 Å². The summed E-state index contributed by atoms with van der Waals surface area (Å²) in [5, 5.41) is 19.2. The van der Waals surface area contributed by atoms with E-state index < -0.39 is 16.1 Å². The third-order valence-corrected chi connectivity index (χ3v) is 7.49. The Morgan fingerprint density at radius 1 is 1.25 bits per heavy atom. The van der Waals surface area contributed by atoms with Crippen molar-refractivity contribution < 1.29 is 18.3 Å². The number of rotatable bonds is 9. The average molecular weight is 408 g/mol. The van der Waals surface area contributed by atoms with Crippen molar-refractivity contribution in [1.29, 1.82) is 5.26 Å². The first-order valence-corrected chi connectivity index (χ1v) is 11.6. The number of benzene rings is 1. The number of fused-ring (bicyclic) bond motifs is 2. The summed E-state index contributed by atoms with van der Waals surface area (Å²) < 4.78 is 32.3. The topological polar surface area (TPSA) is 93.9 Å². The fraction of sp³-hybridized carbons (Fsp3) is 0.650. The number of piperazine rings is 1. The van der Waals surface area contributed by atoms with Crippen LogP contribution in [-0.4, -0.2) is 72.9 Å². The van der Waals surface area contributed by atoms with Crippen molar-refractivity contribution in [2.45, 2.75) is 50.8 Å². The lowest BCUT2D eigenvalue weighted by Crippen LogP contribution is -2.57. The summed E-state index contributed by atoms with van der Waals surface area (Å²) >= 11 is 0. The molecule has 7 nitrogen and oxygen atoms in total. The van der Waals surface area contributed by atoms with Crippen molar-refractivity contribution in [3.63, 3.8) is 0 Å². The summed E-state index contributed by atoms with van der Waals surface area (Å²) in [5.74, 6) is 0.845. The molecule has 3 rings (SSSR count). The van der Waals surface area contributed by atoms with Crippen LogP contribution < -0.4 is 4.74 Å². The Hall–Kier alpha value is -1.66. The molecule has 1 N–H and O–H groups in total. The van der Waals surface area contributed by atoms with Crippen LogP contribution in [0.3, 0.4) is 0 Å². The van der Waals surface area contributed by atoms with Crippen molar-refractivity contribution in [2.24, 2.45) is 0 Å². The number of nitrogens with zero attached hydrogens (tertiary/aromatic N) is 3. The first-order chi connectivity index (χ1) is 13.4. The lowest BCUT2D eigenvalue weighted by Gasteiger charge is -2.41. The van der Waals surface area contributed by atoms with Gasteiger partial charge in [-0.05, 0) is 43.5 Å². The maximum atomic E-state index is 12.5. The van der Waals surface area contributed by atoms with Gasteiger partial charge in [0.25, 0.3) is 0 Å². The van der Waals surface area contributed by atoms with Gasteiger partial charge in [0.05, 0.1) is 17.4 Å². The zero-order valence-corrected chi connectivity index (χ0v) is 17.1. The fourth-order valence-electron chi connectivity index (χ4n) is 4.05. The van der Waals surface area contributed by atoms with Gasteiger partial charge in [-0.25, -0.2) is 8.42 Å². The lowest BCUT2D eigenvalue weighted by atomic mass is 10.2. The second-order valence-electron chi connectivity index (χ2n) is 7.67. The second kappa shape index (κ2) is 9.23. The van der Waals surface area contributed by atoms with Gasteiger partial charge in [-0.1, -0.05) is 13.3 Å². The minimum absolute atomic E-state index is 0.166. The number of ether oxygens (including phenoxy) is 1. The van der Waals surface area contributed by atoms with Crippen LogP contribution in [0.5, 0.6) is 5.75 Å². The highest BCUT2D eigenvalue weighted by atomic mass is 32.2. The van der Waals surface area contributed by atoms with E-state index in [4.69, 9.17) is 10.00 Å². The Labute approximate surface area is 167 Å². The van der Waals surface area contributed by atoms with Gasteiger partial charge in [0, 0.05) is 31.7 Å². The van der Waals surface area contributed by atoms with Gasteiger partial charge in [-0.3, -0.25) is 4.90 Å². The highest BCUT2D eigenvalue weighted by Gasteiger charge is 2.43. The van der Waals surface area contributed by atoms with Gasteiger partial charge in [0.2, 0.25) is 10.0 Å². The molecule has 1 aromatic rings. The number of sulfonamides is 1. The number of nitriles is 1. The predicted molar refractivity (Wildman–Crippen MR) is 106 cm³/mol. The summed E-state index contributed by atoms with van der Waals surface area (Å²) in [4.78, 5) is 2.25.